The van der Waals surface area contributed by atoms with Gasteiger partial charge in [-0.1, -0.05) is 26.7 Å². The van der Waals surface area contributed by atoms with Crippen LogP contribution in [0.1, 0.15) is 39.5 Å². The van der Waals surface area contributed by atoms with Crippen LogP contribution in [0.25, 0.3) is 0 Å². The minimum Gasteiger partial charge on any atom is -0.756 e. The molecule has 0 amide bonds. The van der Waals surface area contributed by atoms with E-state index in [1.54, 1.807) is 0 Å². The van der Waals surface area contributed by atoms with Crippen LogP contribution in [0.5, 0.6) is 0 Å². The summed E-state index contributed by atoms with van der Waals surface area (Å²) >= 11 is 0. The van der Waals surface area contributed by atoms with E-state index in [0.29, 0.717) is 13.2 Å². The summed E-state index contributed by atoms with van der Waals surface area (Å²) in [7, 11) is -4.21. The molecule has 7 heteroatoms. The van der Waals surface area contributed by atoms with E-state index < -0.39 is 7.82 Å². The smallest absolute Gasteiger partial charge is 0.268 e. The molecule has 0 N–H and O–H groups in total. The minimum absolute atomic E-state index is 0.0127. The summed E-state index contributed by atoms with van der Waals surface area (Å²) in [5.74, 6) is 0. The molecule has 116 valence electrons. The summed E-state index contributed by atoms with van der Waals surface area (Å²) < 4.78 is 30.9. The molecule has 6 nitrogen and oxygen atoms in total. The molecule has 0 aromatic rings. The number of rotatable bonds is 14. The molecule has 0 rings (SSSR count). The largest absolute Gasteiger partial charge is 0.756 e. The lowest BCUT2D eigenvalue weighted by Gasteiger charge is -2.22. The molecule has 0 aliphatic carbocycles. The fraction of sp³-hybridized carbons (Fsp3) is 1.00. The third-order valence-electron chi connectivity index (χ3n) is 2.24. The maximum atomic E-state index is 11.3. The first-order valence-electron chi connectivity index (χ1n) is 6.88. The molecule has 0 aromatic heterocycles. The van der Waals surface area contributed by atoms with E-state index in [9.17, 15) is 9.46 Å². The summed E-state index contributed by atoms with van der Waals surface area (Å²) in [6.45, 7) is 5.84. The molecule has 0 bridgehead atoms. The number of hydrogen-bond donors (Lipinski definition) is 0. The van der Waals surface area contributed by atoms with Gasteiger partial charge in [0.25, 0.3) is 7.82 Å². The Morgan fingerprint density at radius 2 is 1.21 bits per heavy atom. The van der Waals surface area contributed by atoms with Crippen LogP contribution in [0.2, 0.25) is 0 Å². The van der Waals surface area contributed by atoms with Crippen molar-refractivity contribution in [3.05, 3.63) is 0 Å². The van der Waals surface area contributed by atoms with Gasteiger partial charge in [0.05, 0.1) is 26.4 Å². The second-order valence-corrected chi connectivity index (χ2v) is 5.46. The molecule has 0 saturated carbocycles. The first kappa shape index (κ1) is 19.0. The number of hydrogen-bond acceptors (Lipinski definition) is 6. The average molecular weight is 297 g/mol. The third kappa shape index (κ3) is 14.3. The van der Waals surface area contributed by atoms with Crippen LogP contribution in [0.15, 0.2) is 0 Å². The highest BCUT2D eigenvalue weighted by atomic mass is 31.2. The summed E-state index contributed by atoms with van der Waals surface area (Å²) in [6, 6.07) is 0. The molecular weight excluding hydrogens is 271 g/mol. The SMILES string of the molecule is CCCCOCCOP(=O)([O-])OCCOCCCC. The van der Waals surface area contributed by atoms with Gasteiger partial charge < -0.3 is 23.4 Å². The predicted octanol–water partition coefficient (Wildman–Crippen LogP) is 2.12. The second-order valence-electron chi connectivity index (χ2n) is 4.05. The molecule has 0 spiro atoms. The summed E-state index contributed by atoms with van der Waals surface area (Å²) in [6.07, 6.45) is 4.01. The average Bonchev–Trinajstić information content (AvgIpc) is 2.38. The van der Waals surface area contributed by atoms with Crippen molar-refractivity contribution in [2.45, 2.75) is 39.5 Å². The van der Waals surface area contributed by atoms with Gasteiger partial charge in [-0.05, 0) is 12.8 Å². The van der Waals surface area contributed by atoms with Gasteiger partial charge >= 0.3 is 0 Å². The first-order chi connectivity index (χ1) is 9.12. The molecule has 0 fully saturated rings. The van der Waals surface area contributed by atoms with Crippen molar-refractivity contribution in [1.29, 1.82) is 0 Å². The van der Waals surface area contributed by atoms with Crippen molar-refractivity contribution in [3.63, 3.8) is 0 Å². The van der Waals surface area contributed by atoms with Gasteiger partial charge in [0.15, 0.2) is 0 Å². The normalized spacial score (nSPS) is 11.9. The van der Waals surface area contributed by atoms with E-state index >= 15 is 0 Å². The monoisotopic (exact) mass is 297 g/mol. The van der Waals surface area contributed by atoms with Crippen LogP contribution < -0.4 is 4.89 Å². The fourth-order valence-corrected chi connectivity index (χ4v) is 1.82. The maximum Gasteiger partial charge on any atom is 0.268 e. The van der Waals surface area contributed by atoms with Crippen LogP contribution in [0.3, 0.4) is 0 Å². The molecule has 0 aliphatic heterocycles. The second kappa shape index (κ2) is 13.0. The van der Waals surface area contributed by atoms with Crippen molar-refractivity contribution in [2.75, 3.05) is 39.6 Å². The Balaban J connectivity index is 3.39. The zero-order valence-corrected chi connectivity index (χ0v) is 12.9. The lowest BCUT2D eigenvalue weighted by molar-refractivity contribution is -0.227. The molecule has 0 radical (unpaired) electrons. The van der Waals surface area contributed by atoms with Crippen molar-refractivity contribution < 1.29 is 28.0 Å². The van der Waals surface area contributed by atoms with Gasteiger partial charge in [0.2, 0.25) is 0 Å². The Morgan fingerprint density at radius 3 is 1.58 bits per heavy atom. The summed E-state index contributed by atoms with van der Waals surface area (Å²) in [4.78, 5) is 11.3. The van der Waals surface area contributed by atoms with Gasteiger partial charge in [-0.15, -0.1) is 0 Å². The molecule has 0 aromatic carbocycles. The van der Waals surface area contributed by atoms with Gasteiger partial charge in [-0.3, -0.25) is 4.57 Å². The molecule has 0 heterocycles. The van der Waals surface area contributed by atoms with E-state index in [0.717, 1.165) is 25.7 Å². The lowest BCUT2D eigenvalue weighted by atomic mass is 10.4. The predicted molar refractivity (Wildman–Crippen MR) is 71.0 cm³/mol. The molecule has 0 atom stereocenters. The Morgan fingerprint density at radius 1 is 0.789 bits per heavy atom. The Bertz CT molecular complexity index is 216. The Kier molecular flexibility index (Phi) is 13.1. The van der Waals surface area contributed by atoms with E-state index in [1.165, 1.54) is 0 Å². The zero-order chi connectivity index (χ0) is 14.4. The van der Waals surface area contributed by atoms with Gasteiger partial charge in [-0.2, -0.15) is 0 Å². The molecule has 0 unspecified atom stereocenters. The summed E-state index contributed by atoms with van der Waals surface area (Å²) in [5, 5.41) is 0. The topological polar surface area (TPSA) is 77.1 Å². The van der Waals surface area contributed by atoms with E-state index in [2.05, 4.69) is 22.9 Å². The first-order valence-corrected chi connectivity index (χ1v) is 8.34. The molecule has 0 saturated heterocycles. The standard InChI is InChI=1S/C12H27O6P/c1-3-5-7-15-9-11-17-19(13,14)18-12-10-16-8-6-4-2/h3-12H2,1-2H3,(H,13,14)/p-1. The maximum absolute atomic E-state index is 11.3. The molecule has 19 heavy (non-hydrogen) atoms. The highest BCUT2D eigenvalue weighted by molar-refractivity contribution is 7.45. The van der Waals surface area contributed by atoms with Crippen LogP contribution in [0.4, 0.5) is 0 Å². The quantitative estimate of drug-likeness (QED) is 0.361. The highest BCUT2D eigenvalue weighted by Gasteiger charge is 2.08. The van der Waals surface area contributed by atoms with E-state index in [1.807, 2.05) is 0 Å². The van der Waals surface area contributed by atoms with Gasteiger partial charge in [0, 0.05) is 13.2 Å². The highest BCUT2D eigenvalue weighted by Crippen LogP contribution is 2.37. The van der Waals surface area contributed by atoms with Crippen molar-refractivity contribution in [3.8, 4) is 0 Å². The third-order valence-corrected chi connectivity index (χ3v) is 3.24. The number of phosphoric acid groups is 1. The van der Waals surface area contributed by atoms with Crippen molar-refractivity contribution >= 4 is 7.82 Å². The van der Waals surface area contributed by atoms with E-state index in [4.69, 9.17) is 9.47 Å². The number of ether oxygens (including phenoxy) is 2. The zero-order valence-electron chi connectivity index (χ0n) is 12.0. The van der Waals surface area contributed by atoms with E-state index in [-0.39, 0.29) is 26.4 Å². The summed E-state index contributed by atoms with van der Waals surface area (Å²) in [5.41, 5.74) is 0. The van der Waals surface area contributed by atoms with Crippen LogP contribution in [0, 0.1) is 0 Å². The molecular formula is C12H26O6P-. The molecule has 0 aliphatic rings. The van der Waals surface area contributed by atoms with Crippen LogP contribution >= 0.6 is 7.82 Å². The fourth-order valence-electron chi connectivity index (χ4n) is 1.15. The van der Waals surface area contributed by atoms with Crippen LogP contribution in [-0.4, -0.2) is 39.6 Å². The van der Waals surface area contributed by atoms with Crippen LogP contribution in [-0.2, 0) is 23.1 Å². The Labute approximate surface area is 116 Å². The Hall–Kier alpha value is 0.0300. The number of phosphoric ester groups is 1. The minimum atomic E-state index is -4.21. The van der Waals surface area contributed by atoms with Crippen molar-refractivity contribution in [1.82, 2.24) is 0 Å². The number of unbranched alkanes of at least 4 members (excludes halogenated alkanes) is 2. The van der Waals surface area contributed by atoms with Gasteiger partial charge in [-0.25, -0.2) is 0 Å². The lowest BCUT2D eigenvalue weighted by Crippen LogP contribution is -2.14. The van der Waals surface area contributed by atoms with Gasteiger partial charge in [0.1, 0.15) is 0 Å². The van der Waals surface area contributed by atoms with Crippen molar-refractivity contribution in [2.24, 2.45) is 0 Å².